The Morgan fingerprint density at radius 3 is 2.53 bits per heavy atom. The van der Waals surface area contributed by atoms with E-state index in [1.54, 1.807) is 0 Å². The zero-order chi connectivity index (χ0) is 21.9. The average molecular weight is 435 g/mol. The Morgan fingerprint density at radius 2 is 1.97 bits per heavy atom. The monoisotopic (exact) mass is 434 g/mol. The van der Waals surface area contributed by atoms with E-state index in [9.17, 15) is 14.4 Å². The molecule has 2 heterocycles. The molecular weight excluding hydrogens is 404 g/mol. The van der Waals surface area contributed by atoms with Gasteiger partial charge in [-0.15, -0.1) is 0 Å². The number of nitrogens with one attached hydrogen (secondary N) is 2. The summed E-state index contributed by atoms with van der Waals surface area (Å²) in [4.78, 5) is 37.4. The van der Waals surface area contributed by atoms with Crippen molar-refractivity contribution in [2.75, 3.05) is 19.8 Å². The molecule has 1 aromatic rings. The zero-order valence-electron chi connectivity index (χ0n) is 17.9. The fourth-order valence-corrected chi connectivity index (χ4v) is 4.65. The highest BCUT2D eigenvalue weighted by Gasteiger charge is 2.35. The fraction of sp³-hybridized carbons (Fsp3) is 0.609. The summed E-state index contributed by atoms with van der Waals surface area (Å²) in [7, 11) is 0. The lowest BCUT2D eigenvalue weighted by Gasteiger charge is -2.31. The molecule has 0 spiro atoms. The van der Waals surface area contributed by atoms with Gasteiger partial charge in [0.1, 0.15) is 0 Å². The van der Waals surface area contributed by atoms with Gasteiger partial charge >= 0.3 is 0 Å². The molecule has 2 saturated heterocycles. The van der Waals surface area contributed by atoms with E-state index in [4.69, 9.17) is 16.3 Å². The largest absolute Gasteiger partial charge is 0.381 e. The molecule has 6 nitrogen and oxygen atoms in total. The molecule has 0 aliphatic carbocycles. The maximum Gasteiger partial charge on any atom is 0.226 e. The van der Waals surface area contributed by atoms with Gasteiger partial charge in [-0.05, 0) is 41.4 Å². The minimum atomic E-state index is -0.585. The number of hydrogen-bond donors (Lipinski definition) is 2. The summed E-state index contributed by atoms with van der Waals surface area (Å²) in [5.41, 5.74) is 1.79. The highest BCUT2D eigenvalue weighted by atomic mass is 35.5. The van der Waals surface area contributed by atoms with E-state index in [0.29, 0.717) is 24.8 Å². The molecule has 0 saturated carbocycles. The number of benzene rings is 1. The maximum atomic E-state index is 13.2. The molecule has 7 heteroatoms. The molecule has 30 heavy (non-hydrogen) atoms. The van der Waals surface area contributed by atoms with Crippen molar-refractivity contribution in [3.8, 4) is 0 Å². The second-order valence-corrected chi connectivity index (χ2v) is 9.76. The lowest BCUT2D eigenvalue weighted by Crippen LogP contribution is -2.50. The molecule has 1 aromatic carbocycles. The summed E-state index contributed by atoms with van der Waals surface area (Å²) in [5.74, 6) is -0.790. The van der Waals surface area contributed by atoms with Crippen LogP contribution in [-0.4, -0.2) is 43.4 Å². The Balaban J connectivity index is 1.74. The van der Waals surface area contributed by atoms with Crippen LogP contribution in [0.4, 0.5) is 0 Å². The Morgan fingerprint density at radius 1 is 1.27 bits per heavy atom. The third kappa shape index (κ3) is 5.61. The normalized spacial score (nSPS) is 21.2. The SMILES string of the molecule is CC(C)(C)c1ccc(CC(=O)[C@@H](NC(=O)[C@@H]2CNC(=O)C2)C2CCOCC2)cc1Cl. The second kappa shape index (κ2) is 9.48. The quantitative estimate of drug-likeness (QED) is 0.721. The molecular formula is C23H31ClN2O4. The predicted molar refractivity (Wildman–Crippen MR) is 115 cm³/mol. The van der Waals surface area contributed by atoms with Gasteiger partial charge in [-0.3, -0.25) is 14.4 Å². The molecule has 2 amide bonds. The van der Waals surface area contributed by atoms with Crippen LogP contribution in [0.3, 0.4) is 0 Å². The lowest BCUT2D eigenvalue weighted by molar-refractivity contribution is -0.132. The topological polar surface area (TPSA) is 84.5 Å². The first kappa shape index (κ1) is 22.8. The Labute approximate surface area is 183 Å². The minimum Gasteiger partial charge on any atom is -0.381 e. The summed E-state index contributed by atoms with van der Waals surface area (Å²) < 4.78 is 5.43. The number of carbonyl (C=O) groups is 3. The van der Waals surface area contributed by atoms with Crippen LogP contribution in [0.15, 0.2) is 18.2 Å². The first-order valence-corrected chi connectivity index (χ1v) is 11.0. The molecule has 0 unspecified atom stereocenters. The molecule has 2 atom stereocenters. The number of amides is 2. The van der Waals surface area contributed by atoms with E-state index >= 15 is 0 Å². The number of carbonyl (C=O) groups excluding carboxylic acids is 3. The summed E-state index contributed by atoms with van der Waals surface area (Å²) in [6.45, 7) is 7.78. The third-order valence-electron chi connectivity index (χ3n) is 5.95. The summed E-state index contributed by atoms with van der Waals surface area (Å²) >= 11 is 6.47. The predicted octanol–water partition coefficient (Wildman–Crippen LogP) is 2.80. The second-order valence-electron chi connectivity index (χ2n) is 9.35. The number of hydrogen-bond acceptors (Lipinski definition) is 4. The summed E-state index contributed by atoms with van der Waals surface area (Å²) in [6.07, 6.45) is 1.82. The molecule has 2 aliphatic rings. The Hall–Kier alpha value is -1.92. The van der Waals surface area contributed by atoms with Gasteiger partial charge in [0, 0.05) is 37.6 Å². The van der Waals surface area contributed by atoms with Gasteiger partial charge in [-0.25, -0.2) is 0 Å². The first-order chi connectivity index (χ1) is 14.1. The standard InChI is InChI=1S/C23H31ClN2O4/c1-23(2,3)17-5-4-14(10-18(17)24)11-19(27)21(15-6-8-30-9-7-15)26-22(29)16-12-20(28)25-13-16/h4-5,10,15-16,21H,6-9,11-13H2,1-3H3,(H,25,28)(H,26,29)/t16-,21-/m0/s1. The van der Waals surface area contributed by atoms with E-state index < -0.39 is 12.0 Å². The minimum absolute atomic E-state index is 0.0320. The zero-order valence-corrected chi connectivity index (χ0v) is 18.7. The van der Waals surface area contributed by atoms with Gasteiger partial charge in [0.2, 0.25) is 11.8 Å². The van der Waals surface area contributed by atoms with E-state index in [1.165, 1.54) is 0 Å². The number of Topliss-reactive ketones (excluding diaryl/α,β-unsaturated/α-hetero) is 1. The molecule has 0 aromatic heterocycles. The van der Waals surface area contributed by atoms with Crippen LogP contribution in [0.25, 0.3) is 0 Å². The van der Waals surface area contributed by atoms with Crippen LogP contribution in [0, 0.1) is 11.8 Å². The van der Waals surface area contributed by atoms with E-state index in [2.05, 4.69) is 31.4 Å². The third-order valence-corrected chi connectivity index (χ3v) is 6.26. The smallest absolute Gasteiger partial charge is 0.226 e. The molecule has 3 rings (SSSR count). The van der Waals surface area contributed by atoms with Crippen molar-refractivity contribution < 1.29 is 19.1 Å². The van der Waals surface area contributed by atoms with Crippen molar-refractivity contribution in [3.63, 3.8) is 0 Å². The summed E-state index contributed by atoms with van der Waals surface area (Å²) in [6, 6.07) is 5.18. The van der Waals surface area contributed by atoms with Gasteiger partial charge < -0.3 is 15.4 Å². The van der Waals surface area contributed by atoms with E-state index in [0.717, 1.165) is 24.0 Å². The van der Waals surface area contributed by atoms with Crippen molar-refractivity contribution in [1.82, 2.24) is 10.6 Å². The van der Waals surface area contributed by atoms with Gasteiger partial charge in [0.15, 0.2) is 5.78 Å². The maximum absolute atomic E-state index is 13.2. The van der Waals surface area contributed by atoms with E-state index in [1.807, 2.05) is 18.2 Å². The lowest BCUT2D eigenvalue weighted by atomic mass is 9.84. The van der Waals surface area contributed by atoms with E-state index in [-0.39, 0.29) is 41.8 Å². The van der Waals surface area contributed by atoms with Gasteiger partial charge in [0.05, 0.1) is 12.0 Å². The van der Waals surface area contributed by atoms with Crippen molar-refractivity contribution in [1.29, 1.82) is 0 Å². The van der Waals surface area contributed by atoms with Crippen LogP contribution >= 0.6 is 11.6 Å². The van der Waals surface area contributed by atoms with Gasteiger partial charge in [-0.2, -0.15) is 0 Å². The number of ether oxygens (including phenoxy) is 1. The molecule has 2 N–H and O–H groups in total. The van der Waals surface area contributed by atoms with Crippen LogP contribution < -0.4 is 10.6 Å². The van der Waals surface area contributed by atoms with Crippen LogP contribution in [-0.2, 0) is 31.0 Å². The Bertz CT molecular complexity index is 812. The van der Waals surface area contributed by atoms with Crippen molar-refractivity contribution >= 4 is 29.2 Å². The molecule has 0 radical (unpaired) electrons. The molecule has 2 fully saturated rings. The number of rotatable bonds is 6. The first-order valence-electron chi connectivity index (χ1n) is 10.6. The van der Waals surface area contributed by atoms with Crippen LogP contribution in [0.1, 0.15) is 51.2 Å². The van der Waals surface area contributed by atoms with Gasteiger partial charge in [0.25, 0.3) is 0 Å². The molecule has 2 aliphatic heterocycles. The van der Waals surface area contributed by atoms with Crippen LogP contribution in [0.2, 0.25) is 5.02 Å². The highest BCUT2D eigenvalue weighted by molar-refractivity contribution is 6.31. The van der Waals surface area contributed by atoms with Crippen molar-refractivity contribution in [3.05, 3.63) is 34.3 Å². The molecule has 164 valence electrons. The fourth-order valence-electron chi connectivity index (χ4n) is 4.16. The molecule has 0 bridgehead atoms. The highest BCUT2D eigenvalue weighted by Crippen LogP contribution is 2.30. The van der Waals surface area contributed by atoms with Gasteiger partial charge in [-0.1, -0.05) is 44.5 Å². The Kier molecular flexibility index (Phi) is 7.19. The number of halogens is 1. The number of ketones is 1. The average Bonchev–Trinajstić information content (AvgIpc) is 3.12. The van der Waals surface area contributed by atoms with Crippen molar-refractivity contribution in [2.24, 2.45) is 11.8 Å². The van der Waals surface area contributed by atoms with Crippen LogP contribution in [0.5, 0.6) is 0 Å². The summed E-state index contributed by atoms with van der Waals surface area (Å²) in [5, 5.41) is 6.27. The van der Waals surface area contributed by atoms with Crippen molar-refractivity contribution in [2.45, 2.75) is 57.9 Å².